The molecule has 1 amide bonds. The van der Waals surface area contributed by atoms with Gasteiger partial charge in [-0.1, -0.05) is 50.2 Å². The summed E-state index contributed by atoms with van der Waals surface area (Å²) >= 11 is 0. The summed E-state index contributed by atoms with van der Waals surface area (Å²) in [7, 11) is 0. The molecular formula is C26H29N3O2. The maximum atomic E-state index is 12.0. The molecule has 31 heavy (non-hydrogen) atoms. The Morgan fingerprint density at radius 1 is 1.10 bits per heavy atom. The Labute approximate surface area is 183 Å². The van der Waals surface area contributed by atoms with Gasteiger partial charge in [0, 0.05) is 19.5 Å². The van der Waals surface area contributed by atoms with E-state index >= 15 is 0 Å². The summed E-state index contributed by atoms with van der Waals surface area (Å²) in [5.41, 5.74) is 4.80. The average molecular weight is 416 g/mol. The highest BCUT2D eigenvalue weighted by atomic mass is 16.3. The van der Waals surface area contributed by atoms with Gasteiger partial charge in [-0.05, 0) is 54.2 Å². The minimum Gasteiger partial charge on any atom is -0.459 e. The summed E-state index contributed by atoms with van der Waals surface area (Å²) in [5.74, 6) is 1.78. The summed E-state index contributed by atoms with van der Waals surface area (Å²) < 4.78 is 7.43. The molecule has 1 unspecified atom stereocenters. The van der Waals surface area contributed by atoms with Crippen molar-refractivity contribution in [1.82, 2.24) is 14.9 Å². The number of aryl methyl sites for hydroxylation is 1. The first kappa shape index (κ1) is 20.9. The fourth-order valence-corrected chi connectivity index (χ4v) is 3.81. The maximum Gasteiger partial charge on any atom is 0.286 e. The maximum absolute atomic E-state index is 12.0. The number of carbonyl (C=O) groups is 1. The Hall–Kier alpha value is -3.34. The molecule has 4 rings (SSSR count). The highest BCUT2D eigenvalue weighted by Crippen LogP contribution is 2.22. The van der Waals surface area contributed by atoms with E-state index in [-0.39, 0.29) is 5.91 Å². The molecular weight excluding hydrogens is 386 g/mol. The number of fused-ring (bicyclic) bond motifs is 1. The molecule has 0 aliphatic heterocycles. The van der Waals surface area contributed by atoms with E-state index in [2.05, 4.69) is 66.2 Å². The predicted octanol–water partition coefficient (Wildman–Crippen LogP) is 5.55. The smallest absolute Gasteiger partial charge is 0.286 e. The fourth-order valence-electron chi connectivity index (χ4n) is 3.81. The second kappa shape index (κ2) is 9.65. The summed E-state index contributed by atoms with van der Waals surface area (Å²) in [6.45, 7) is 5.85. The molecule has 1 N–H and O–H groups in total. The lowest BCUT2D eigenvalue weighted by molar-refractivity contribution is 0.0925. The van der Waals surface area contributed by atoms with Gasteiger partial charge in [0.05, 0.1) is 17.3 Å². The van der Waals surface area contributed by atoms with Crippen LogP contribution in [-0.4, -0.2) is 22.0 Å². The van der Waals surface area contributed by atoms with Crippen LogP contribution in [0.2, 0.25) is 0 Å². The van der Waals surface area contributed by atoms with E-state index in [1.54, 1.807) is 12.1 Å². The van der Waals surface area contributed by atoms with Crippen molar-refractivity contribution in [3.8, 4) is 0 Å². The summed E-state index contributed by atoms with van der Waals surface area (Å²) in [5, 5.41) is 2.91. The van der Waals surface area contributed by atoms with Crippen LogP contribution in [0.25, 0.3) is 11.0 Å². The third-order valence-corrected chi connectivity index (χ3v) is 5.84. The molecule has 0 saturated heterocycles. The Balaban J connectivity index is 1.46. The second-order valence-corrected chi connectivity index (χ2v) is 7.99. The van der Waals surface area contributed by atoms with Crippen LogP contribution in [-0.2, 0) is 13.0 Å². The normalized spacial score (nSPS) is 12.2. The van der Waals surface area contributed by atoms with E-state index in [0.717, 1.165) is 42.7 Å². The SMILES string of the molecule is CCC(C)c1ccc(Cn2c(CCCNC(=O)c3ccco3)nc3ccccc32)cc1. The van der Waals surface area contributed by atoms with Crippen molar-refractivity contribution < 1.29 is 9.21 Å². The average Bonchev–Trinajstić information content (AvgIpc) is 3.45. The van der Waals surface area contributed by atoms with E-state index in [1.807, 2.05) is 6.07 Å². The molecule has 4 aromatic rings. The molecule has 0 radical (unpaired) electrons. The molecule has 0 aliphatic carbocycles. The van der Waals surface area contributed by atoms with Crippen LogP contribution in [0, 0.1) is 0 Å². The number of hydrogen-bond acceptors (Lipinski definition) is 3. The first-order valence-corrected chi connectivity index (χ1v) is 11.0. The van der Waals surface area contributed by atoms with Crippen molar-refractivity contribution in [3.63, 3.8) is 0 Å². The Morgan fingerprint density at radius 2 is 1.90 bits per heavy atom. The second-order valence-electron chi connectivity index (χ2n) is 7.99. The lowest BCUT2D eigenvalue weighted by Crippen LogP contribution is -2.24. The number of nitrogens with one attached hydrogen (secondary N) is 1. The van der Waals surface area contributed by atoms with Gasteiger partial charge in [0.2, 0.25) is 0 Å². The molecule has 5 heteroatoms. The van der Waals surface area contributed by atoms with Gasteiger partial charge in [0.15, 0.2) is 5.76 Å². The van der Waals surface area contributed by atoms with E-state index < -0.39 is 0 Å². The summed E-state index contributed by atoms with van der Waals surface area (Å²) in [6.07, 6.45) is 4.25. The number of hydrogen-bond donors (Lipinski definition) is 1. The third kappa shape index (κ3) is 4.88. The van der Waals surface area contributed by atoms with Gasteiger partial charge in [-0.15, -0.1) is 0 Å². The van der Waals surface area contributed by atoms with E-state index in [0.29, 0.717) is 18.2 Å². The predicted molar refractivity (Wildman–Crippen MR) is 123 cm³/mol. The molecule has 5 nitrogen and oxygen atoms in total. The monoisotopic (exact) mass is 415 g/mol. The van der Waals surface area contributed by atoms with Gasteiger partial charge < -0.3 is 14.3 Å². The lowest BCUT2D eigenvalue weighted by atomic mass is 9.97. The van der Waals surface area contributed by atoms with E-state index in [9.17, 15) is 4.79 Å². The number of benzene rings is 2. The van der Waals surface area contributed by atoms with E-state index in [1.165, 1.54) is 17.4 Å². The van der Waals surface area contributed by atoms with Crippen LogP contribution >= 0.6 is 0 Å². The number of rotatable bonds is 9. The highest BCUT2D eigenvalue weighted by molar-refractivity contribution is 5.91. The first-order valence-electron chi connectivity index (χ1n) is 11.0. The number of aromatic nitrogens is 2. The molecule has 0 saturated carbocycles. The van der Waals surface area contributed by atoms with Crippen molar-refractivity contribution in [3.05, 3.63) is 89.6 Å². The molecule has 2 aromatic carbocycles. The fraction of sp³-hybridized carbons (Fsp3) is 0.308. The topological polar surface area (TPSA) is 60.1 Å². The number of furan rings is 1. The molecule has 2 aromatic heterocycles. The summed E-state index contributed by atoms with van der Waals surface area (Å²) in [4.78, 5) is 16.9. The van der Waals surface area contributed by atoms with Crippen LogP contribution in [0.15, 0.2) is 71.3 Å². The molecule has 160 valence electrons. The molecule has 0 spiro atoms. The highest BCUT2D eigenvalue weighted by Gasteiger charge is 2.12. The van der Waals surface area contributed by atoms with Gasteiger partial charge >= 0.3 is 0 Å². The molecule has 0 fully saturated rings. The molecule has 0 aliphatic rings. The minimum absolute atomic E-state index is 0.181. The van der Waals surface area contributed by atoms with Crippen LogP contribution in [0.4, 0.5) is 0 Å². The van der Waals surface area contributed by atoms with Crippen molar-refractivity contribution in [2.24, 2.45) is 0 Å². The van der Waals surface area contributed by atoms with Gasteiger partial charge in [-0.25, -0.2) is 4.98 Å². The van der Waals surface area contributed by atoms with Crippen molar-refractivity contribution in [2.75, 3.05) is 6.54 Å². The Morgan fingerprint density at radius 3 is 2.65 bits per heavy atom. The third-order valence-electron chi connectivity index (χ3n) is 5.84. The van der Waals surface area contributed by atoms with Gasteiger partial charge in [-0.3, -0.25) is 4.79 Å². The van der Waals surface area contributed by atoms with Crippen molar-refractivity contribution in [1.29, 1.82) is 0 Å². The zero-order valence-electron chi connectivity index (χ0n) is 18.2. The van der Waals surface area contributed by atoms with Crippen LogP contribution in [0.5, 0.6) is 0 Å². The Bertz CT molecular complexity index is 1130. The largest absolute Gasteiger partial charge is 0.459 e. The number of nitrogens with zero attached hydrogens (tertiary/aromatic N) is 2. The van der Waals surface area contributed by atoms with Gasteiger partial charge in [0.25, 0.3) is 5.91 Å². The number of para-hydroxylation sites is 2. The number of amides is 1. The summed E-state index contributed by atoms with van der Waals surface area (Å²) in [6, 6.07) is 20.6. The molecule has 2 heterocycles. The standard InChI is InChI=1S/C26H29N3O2/c1-3-19(2)21-14-12-20(13-15-21)18-29-23-9-5-4-8-22(23)28-25(29)11-6-16-27-26(30)24-10-7-17-31-24/h4-5,7-10,12-15,17,19H,3,6,11,16,18H2,1-2H3,(H,27,30). The van der Waals surface area contributed by atoms with Crippen molar-refractivity contribution >= 4 is 16.9 Å². The van der Waals surface area contributed by atoms with Crippen molar-refractivity contribution in [2.45, 2.75) is 45.6 Å². The lowest BCUT2D eigenvalue weighted by Gasteiger charge is -2.12. The van der Waals surface area contributed by atoms with Crippen LogP contribution in [0.3, 0.4) is 0 Å². The number of imidazole rings is 1. The first-order chi connectivity index (χ1) is 15.2. The zero-order chi connectivity index (χ0) is 21.6. The van der Waals surface area contributed by atoms with Gasteiger partial charge in [0.1, 0.15) is 5.82 Å². The van der Waals surface area contributed by atoms with Crippen LogP contribution in [0.1, 0.15) is 60.1 Å². The van der Waals surface area contributed by atoms with Crippen LogP contribution < -0.4 is 5.32 Å². The van der Waals surface area contributed by atoms with E-state index in [4.69, 9.17) is 9.40 Å². The molecule has 0 bridgehead atoms. The number of carbonyl (C=O) groups excluding carboxylic acids is 1. The quantitative estimate of drug-likeness (QED) is 0.364. The van der Waals surface area contributed by atoms with Gasteiger partial charge in [-0.2, -0.15) is 0 Å². The molecule has 1 atom stereocenters. The zero-order valence-corrected chi connectivity index (χ0v) is 18.2. The Kier molecular flexibility index (Phi) is 6.51. The minimum atomic E-state index is -0.181.